The van der Waals surface area contributed by atoms with Crippen molar-refractivity contribution in [1.29, 1.82) is 0 Å². The van der Waals surface area contributed by atoms with E-state index in [-0.39, 0.29) is 12.0 Å². The predicted octanol–water partition coefficient (Wildman–Crippen LogP) is 6.42. The average Bonchev–Trinajstić information content (AvgIpc) is 2.59. The van der Waals surface area contributed by atoms with Crippen LogP contribution >= 0.6 is 0 Å². The highest BCUT2D eigenvalue weighted by atomic mass is 19.1. The van der Waals surface area contributed by atoms with Crippen LogP contribution < -0.4 is 0 Å². The Morgan fingerprint density at radius 3 is 2.12 bits per heavy atom. The zero-order valence-corrected chi connectivity index (χ0v) is 16.2. The van der Waals surface area contributed by atoms with Gasteiger partial charge >= 0.3 is 0 Å². The quantitative estimate of drug-likeness (QED) is 0.529. The summed E-state index contributed by atoms with van der Waals surface area (Å²) in [5.41, 5.74) is 1.33. The monoisotopic (exact) mass is 354 g/mol. The van der Waals surface area contributed by atoms with Gasteiger partial charge in [0.2, 0.25) is 0 Å². The minimum Gasteiger partial charge on any atom is -0.369 e. The third kappa shape index (κ3) is 4.84. The summed E-state index contributed by atoms with van der Waals surface area (Å²) >= 11 is 0. The van der Waals surface area contributed by atoms with Gasteiger partial charge in [0, 0.05) is 0 Å². The molecule has 0 saturated heterocycles. The first kappa shape index (κ1) is 19.3. The van der Waals surface area contributed by atoms with Crippen LogP contribution in [0.4, 0.5) is 8.78 Å². The Morgan fingerprint density at radius 2 is 1.60 bits per heavy atom. The molecule has 3 rings (SSSR count). The van der Waals surface area contributed by atoms with Crippen LogP contribution in [0.25, 0.3) is 0 Å². The summed E-state index contributed by atoms with van der Waals surface area (Å²) in [5.74, 6) is 2.67. The van der Waals surface area contributed by atoms with Gasteiger partial charge in [0.15, 0.2) is 0 Å². The zero-order valence-electron chi connectivity index (χ0n) is 16.2. The summed E-state index contributed by atoms with van der Waals surface area (Å²) in [5, 5.41) is 0. The first-order chi connectivity index (χ1) is 11.9. The van der Waals surface area contributed by atoms with Gasteiger partial charge in [-0.1, -0.05) is 31.4 Å². The van der Waals surface area contributed by atoms with E-state index in [2.05, 4.69) is 13.0 Å². The van der Waals surface area contributed by atoms with Crippen LogP contribution in [0.1, 0.15) is 78.6 Å². The Bertz CT molecular complexity index is 441. The number of allylic oxidation sites excluding steroid dienone is 2. The summed E-state index contributed by atoms with van der Waals surface area (Å²) < 4.78 is 34.4. The molecule has 144 valence electrons. The molecule has 0 bridgehead atoms. The Labute approximate surface area is 152 Å². The maximum Gasteiger partial charge on any atom is 0.130 e. The lowest BCUT2D eigenvalue weighted by Crippen LogP contribution is -2.44. The molecule has 3 heteroatoms. The van der Waals surface area contributed by atoms with Crippen molar-refractivity contribution in [2.24, 2.45) is 23.7 Å². The SMILES string of the molecule is CC1CCC(C2CC=C(C3CC(F)C(OC(C)C)C(F)C3)CC2)CC1. The number of alkyl halides is 2. The maximum atomic E-state index is 14.5. The van der Waals surface area contributed by atoms with Crippen LogP contribution in [0.3, 0.4) is 0 Å². The summed E-state index contributed by atoms with van der Waals surface area (Å²) in [6, 6.07) is 0. The van der Waals surface area contributed by atoms with Gasteiger partial charge in [-0.25, -0.2) is 8.78 Å². The molecular formula is C22H36F2O. The molecule has 0 aliphatic heterocycles. The van der Waals surface area contributed by atoms with E-state index in [1.54, 1.807) is 0 Å². The van der Waals surface area contributed by atoms with E-state index in [1.165, 1.54) is 37.7 Å². The third-order valence-corrected chi connectivity index (χ3v) is 6.90. The van der Waals surface area contributed by atoms with Crippen LogP contribution in [0.15, 0.2) is 11.6 Å². The van der Waals surface area contributed by atoms with E-state index in [0.29, 0.717) is 12.8 Å². The van der Waals surface area contributed by atoms with E-state index in [0.717, 1.165) is 30.6 Å². The number of hydrogen-bond donors (Lipinski definition) is 0. The summed E-state index contributed by atoms with van der Waals surface area (Å²) in [6.45, 7) is 6.07. The molecule has 0 spiro atoms. The minimum atomic E-state index is -1.17. The van der Waals surface area contributed by atoms with Crippen molar-refractivity contribution in [2.75, 3.05) is 0 Å². The number of rotatable bonds is 4. The molecule has 3 aliphatic rings. The molecule has 0 aromatic rings. The largest absolute Gasteiger partial charge is 0.369 e. The highest BCUT2D eigenvalue weighted by Gasteiger charge is 2.41. The van der Waals surface area contributed by atoms with Crippen LogP contribution in [-0.4, -0.2) is 24.6 Å². The fourth-order valence-corrected chi connectivity index (χ4v) is 5.35. The molecular weight excluding hydrogens is 318 g/mol. The van der Waals surface area contributed by atoms with Gasteiger partial charge in [0.1, 0.15) is 18.4 Å². The lowest BCUT2D eigenvalue weighted by Gasteiger charge is -2.39. The number of halogens is 2. The van der Waals surface area contributed by atoms with Crippen LogP contribution in [0.5, 0.6) is 0 Å². The molecule has 0 radical (unpaired) electrons. The molecule has 3 aliphatic carbocycles. The van der Waals surface area contributed by atoms with Gasteiger partial charge in [-0.2, -0.15) is 0 Å². The third-order valence-electron chi connectivity index (χ3n) is 6.90. The zero-order chi connectivity index (χ0) is 18.0. The van der Waals surface area contributed by atoms with Crippen molar-refractivity contribution in [1.82, 2.24) is 0 Å². The van der Waals surface area contributed by atoms with E-state index < -0.39 is 18.4 Å². The van der Waals surface area contributed by atoms with E-state index in [9.17, 15) is 8.78 Å². The van der Waals surface area contributed by atoms with Gasteiger partial charge in [-0.3, -0.25) is 0 Å². The normalized spacial score (nSPS) is 43.1. The highest BCUT2D eigenvalue weighted by molar-refractivity contribution is 5.14. The van der Waals surface area contributed by atoms with E-state index in [1.807, 2.05) is 13.8 Å². The summed E-state index contributed by atoms with van der Waals surface area (Å²) in [7, 11) is 0. The average molecular weight is 355 g/mol. The van der Waals surface area contributed by atoms with Crippen molar-refractivity contribution in [3.05, 3.63) is 11.6 Å². The van der Waals surface area contributed by atoms with Crippen molar-refractivity contribution in [3.63, 3.8) is 0 Å². The molecule has 0 aromatic heterocycles. The second kappa shape index (κ2) is 8.50. The second-order valence-corrected chi connectivity index (χ2v) is 9.18. The van der Waals surface area contributed by atoms with Crippen LogP contribution in [-0.2, 0) is 4.74 Å². The maximum absolute atomic E-state index is 14.5. The lowest BCUT2D eigenvalue weighted by atomic mass is 9.69. The van der Waals surface area contributed by atoms with Gasteiger partial charge in [-0.05, 0) is 82.5 Å². The topological polar surface area (TPSA) is 9.23 Å². The first-order valence-corrected chi connectivity index (χ1v) is 10.6. The predicted molar refractivity (Wildman–Crippen MR) is 99.1 cm³/mol. The van der Waals surface area contributed by atoms with Crippen LogP contribution in [0.2, 0.25) is 0 Å². The van der Waals surface area contributed by atoms with E-state index >= 15 is 0 Å². The van der Waals surface area contributed by atoms with Crippen molar-refractivity contribution < 1.29 is 13.5 Å². The molecule has 1 nitrogen and oxygen atoms in total. The van der Waals surface area contributed by atoms with Crippen LogP contribution in [0, 0.1) is 23.7 Å². The molecule has 25 heavy (non-hydrogen) atoms. The number of ether oxygens (including phenoxy) is 1. The molecule has 2 fully saturated rings. The fourth-order valence-electron chi connectivity index (χ4n) is 5.35. The molecule has 0 N–H and O–H groups in total. The van der Waals surface area contributed by atoms with Crippen molar-refractivity contribution in [2.45, 2.75) is 103 Å². The smallest absolute Gasteiger partial charge is 0.130 e. The second-order valence-electron chi connectivity index (χ2n) is 9.18. The molecule has 3 unspecified atom stereocenters. The molecule has 0 amide bonds. The van der Waals surface area contributed by atoms with E-state index in [4.69, 9.17) is 4.74 Å². The van der Waals surface area contributed by atoms with Gasteiger partial charge in [-0.15, -0.1) is 0 Å². The Kier molecular flexibility index (Phi) is 6.57. The van der Waals surface area contributed by atoms with Gasteiger partial charge in [0.05, 0.1) is 6.10 Å². The minimum absolute atomic E-state index is 0.0874. The molecule has 0 aromatic carbocycles. The molecule has 2 saturated carbocycles. The summed E-state index contributed by atoms with van der Waals surface area (Å²) in [6.07, 6.45) is 8.83. The summed E-state index contributed by atoms with van der Waals surface area (Å²) in [4.78, 5) is 0. The Morgan fingerprint density at radius 1 is 0.960 bits per heavy atom. The first-order valence-electron chi connectivity index (χ1n) is 10.6. The van der Waals surface area contributed by atoms with Gasteiger partial charge in [0.25, 0.3) is 0 Å². The fraction of sp³-hybridized carbons (Fsp3) is 0.909. The van der Waals surface area contributed by atoms with Gasteiger partial charge < -0.3 is 4.74 Å². The van der Waals surface area contributed by atoms with Crippen molar-refractivity contribution >= 4 is 0 Å². The lowest BCUT2D eigenvalue weighted by molar-refractivity contribution is -0.101. The number of hydrogen-bond acceptors (Lipinski definition) is 1. The highest BCUT2D eigenvalue weighted by Crippen LogP contribution is 2.43. The standard InChI is InChI=1S/C22H36F2O/c1-14(2)25-22-20(23)12-19(13-21(22)24)18-10-8-17(9-11-18)16-6-4-15(3)5-7-16/h10,14-17,19-22H,4-9,11-13H2,1-3H3. The van der Waals surface area contributed by atoms with Crippen molar-refractivity contribution in [3.8, 4) is 0 Å². The Hall–Kier alpha value is -0.440. The molecule has 0 heterocycles. The Balaban J connectivity index is 1.53. The molecule has 3 atom stereocenters.